The van der Waals surface area contributed by atoms with E-state index in [1.807, 2.05) is 6.07 Å². The highest BCUT2D eigenvalue weighted by Crippen LogP contribution is 2.32. The summed E-state index contributed by atoms with van der Waals surface area (Å²) in [6, 6.07) is 5.61. The Hall–Kier alpha value is -1.91. The van der Waals surface area contributed by atoms with Crippen LogP contribution in [0.15, 0.2) is 30.9 Å². The highest BCUT2D eigenvalue weighted by molar-refractivity contribution is 5.50. The van der Waals surface area contributed by atoms with Crippen molar-refractivity contribution in [3.05, 3.63) is 36.7 Å². The topological polar surface area (TPSA) is 42.7 Å². The summed E-state index contributed by atoms with van der Waals surface area (Å²) in [6.45, 7) is 4.58. The number of hydrogen-bond donors (Lipinski definition) is 1. The summed E-state index contributed by atoms with van der Waals surface area (Å²) in [4.78, 5) is 3.84. The van der Waals surface area contributed by atoms with Crippen LogP contribution < -0.4 is 5.32 Å². The number of hydrogen-bond acceptors (Lipinski definition) is 3. The van der Waals surface area contributed by atoms with Crippen molar-refractivity contribution in [1.82, 2.24) is 14.8 Å². The molecular formula is C16H21FN4. The van der Waals surface area contributed by atoms with Crippen molar-refractivity contribution in [2.75, 3.05) is 5.32 Å². The summed E-state index contributed by atoms with van der Waals surface area (Å²) in [5.41, 5.74) is 1.26. The molecule has 21 heavy (non-hydrogen) atoms. The van der Waals surface area contributed by atoms with Gasteiger partial charge in [-0.15, -0.1) is 0 Å². The van der Waals surface area contributed by atoms with Crippen LogP contribution in [0.1, 0.15) is 33.1 Å². The number of nitrogens with one attached hydrogen (secondary N) is 1. The normalized spacial score (nSPS) is 25.8. The lowest BCUT2D eigenvalue weighted by atomic mass is 9.78. The van der Waals surface area contributed by atoms with E-state index in [1.165, 1.54) is 30.2 Å². The van der Waals surface area contributed by atoms with E-state index in [0.29, 0.717) is 17.6 Å². The lowest BCUT2D eigenvalue weighted by molar-refractivity contribution is 0.253. The van der Waals surface area contributed by atoms with Gasteiger partial charge >= 0.3 is 0 Å². The summed E-state index contributed by atoms with van der Waals surface area (Å²) >= 11 is 0. The van der Waals surface area contributed by atoms with Crippen molar-refractivity contribution < 1.29 is 4.39 Å². The molecule has 1 saturated carbocycles. The summed E-state index contributed by atoms with van der Waals surface area (Å²) in [5, 5.41) is 7.45. The first-order valence-electron chi connectivity index (χ1n) is 7.56. The van der Waals surface area contributed by atoms with Crippen LogP contribution >= 0.6 is 0 Å². The lowest BCUT2D eigenvalue weighted by Crippen LogP contribution is -2.35. The molecule has 112 valence electrons. The number of halogens is 1. The van der Waals surface area contributed by atoms with Gasteiger partial charge in [0.25, 0.3) is 0 Å². The summed E-state index contributed by atoms with van der Waals surface area (Å²) in [5.74, 6) is 1.04. The van der Waals surface area contributed by atoms with Crippen molar-refractivity contribution in [3.8, 4) is 5.69 Å². The molecule has 1 N–H and O–H groups in total. The maximum absolute atomic E-state index is 14.2. The third kappa shape index (κ3) is 2.91. The Labute approximate surface area is 124 Å². The Bertz CT molecular complexity index is 596. The largest absolute Gasteiger partial charge is 0.382 e. The smallest absolute Gasteiger partial charge is 0.150 e. The van der Waals surface area contributed by atoms with Gasteiger partial charge in [-0.2, -0.15) is 5.10 Å². The second-order valence-electron chi connectivity index (χ2n) is 6.02. The van der Waals surface area contributed by atoms with Gasteiger partial charge < -0.3 is 5.32 Å². The number of benzene rings is 1. The zero-order valence-electron chi connectivity index (χ0n) is 12.5. The van der Waals surface area contributed by atoms with Gasteiger partial charge in [-0.3, -0.25) is 0 Å². The van der Waals surface area contributed by atoms with Crippen LogP contribution in [-0.2, 0) is 0 Å². The Balaban J connectivity index is 1.76. The van der Waals surface area contributed by atoms with Crippen LogP contribution in [0.4, 0.5) is 10.1 Å². The maximum Gasteiger partial charge on any atom is 0.150 e. The molecule has 0 aliphatic heterocycles. The fourth-order valence-electron chi connectivity index (χ4n) is 3.11. The molecule has 0 radical (unpaired) electrons. The monoisotopic (exact) mass is 288 g/mol. The quantitative estimate of drug-likeness (QED) is 0.937. The molecule has 1 aromatic heterocycles. The highest BCUT2D eigenvalue weighted by atomic mass is 19.1. The molecule has 1 fully saturated rings. The van der Waals surface area contributed by atoms with E-state index in [0.717, 1.165) is 18.0 Å². The Morgan fingerprint density at radius 3 is 2.86 bits per heavy atom. The predicted octanol–water partition coefficient (Wildman–Crippen LogP) is 3.64. The first-order chi connectivity index (χ1) is 10.1. The standard InChI is InChI=1S/C16H21FN4/c1-11-4-3-5-15(12(11)2)20-13-6-7-16(14(17)8-13)21-10-18-9-19-21/h6-12,15,20H,3-5H2,1-2H3. The highest BCUT2D eigenvalue weighted by Gasteiger charge is 2.26. The maximum atomic E-state index is 14.2. The minimum Gasteiger partial charge on any atom is -0.382 e. The third-order valence-corrected chi connectivity index (χ3v) is 4.67. The molecule has 1 aliphatic carbocycles. The fourth-order valence-corrected chi connectivity index (χ4v) is 3.11. The van der Waals surface area contributed by atoms with Crippen LogP contribution in [0.2, 0.25) is 0 Å². The number of aromatic nitrogens is 3. The van der Waals surface area contributed by atoms with E-state index >= 15 is 0 Å². The molecule has 1 aromatic carbocycles. The molecule has 0 spiro atoms. The van der Waals surface area contributed by atoms with Crippen LogP contribution in [0, 0.1) is 17.7 Å². The van der Waals surface area contributed by atoms with Crippen molar-refractivity contribution in [3.63, 3.8) is 0 Å². The number of nitrogens with zero attached hydrogens (tertiary/aromatic N) is 3. The first kappa shape index (κ1) is 14.0. The summed E-state index contributed by atoms with van der Waals surface area (Å²) in [7, 11) is 0. The van der Waals surface area contributed by atoms with Gasteiger partial charge in [-0.05, 0) is 36.5 Å². The van der Waals surface area contributed by atoms with Gasteiger partial charge in [-0.25, -0.2) is 14.1 Å². The van der Waals surface area contributed by atoms with Crippen molar-refractivity contribution in [1.29, 1.82) is 0 Å². The molecule has 3 unspecified atom stereocenters. The molecule has 5 heteroatoms. The van der Waals surface area contributed by atoms with Crippen LogP contribution in [0.25, 0.3) is 5.69 Å². The van der Waals surface area contributed by atoms with Crippen LogP contribution in [0.3, 0.4) is 0 Å². The van der Waals surface area contributed by atoms with E-state index in [4.69, 9.17) is 0 Å². The molecule has 3 atom stereocenters. The number of rotatable bonds is 3. The molecule has 4 nitrogen and oxygen atoms in total. The van der Waals surface area contributed by atoms with Gasteiger partial charge in [0, 0.05) is 11.7 Å². The van der Waals surface area contributed by atoms with Crippen LogP contribution in [-0.4, -0.2) is 20.8 Å². The molecule has 3 rings (SSSR count). The van der Waals surface area contributed by atoms with E-state index in [-0.39, 0.29) is 5.82 Å². The van der Waals surface area contributed by atoms with Gasteiger partial charge in [0.1, 0.15) is 18.3 Å². The van der Waals surface area contributed by atoms with Crippen molar-refractivity contribution in [2.45, 2.75) is 39.2 Å². The van der Waals surface area contributed by atoms with E-state index in [2.05, 4.69) is 29.2 Å². The second kappa shape index (κ2) is 5.84. The van der Waals surface area contributed by atoms with Gasteiger partial charge in [0.05, 0.1) is 0 Å². The molecule has 1 heterocycles. The molecule has 0 amide bonds. The minimum absolute atomic E-state index is 0.290. The van der Waals surface area contributed by atoms with Gasteiger partial charge in [-0.1, -0.05) is 26.7 Å². The number of anilines is 1. The summed E-state index contributed by atoms with van der Waals surface area (Å²) in [6.07, 6.45) is 6.58. The third-order valence-electron chi connectivity index (χ3n) is 4.67. The average molecular weight is 288 g/mol. The van der Waals surface area contributed by atoms with Crippen molar-refractivity contribution in [2.24, 2.45) is 11.8 Å². The van der Waals surface area contributed by atoms with E-state index in [1.54, 1.807) is 12.1 Å². The van der Waals surface area contributed by atoms with E-state index in [9.17, 15) is 4.39 Å². The minimum atomic E-state index is -0.290. The SMILES string of the molecule is CC1CCCC(Nc2ccc(-n3cncn3)c(F)c2)C1C. The lowest BCUT2D eigenvalue weighted by Gasteiger charge is -2.35. The Morgan fingerprint density at radius 2 is 2.14 bits per heavy atom. The Kier molecular flexibility index (Phi) is 3.90. The van der Waals surface area contributed by atoms with Gasteiger partial charge in [0.15, 0.2) is 5.82 Å². The van der Waals surface area contributed by atoms with E-state index < -0.39 is 0 Å². The summed E-state index contributed by atoms with van der Waals surface area (Å²) < 4.78 is 15.6. The fraction of sp³-hybridized carbons (Fsp3) is 0.500. The average Bonchev–Trinajstić information content (AvgIpc) is 2.98. The molecular weight excluding hydrogens is 267 g/mol. The first-order valence-corrected chi connectivity index (χ1v) is 7.56. The second-order valence-corrected chi connectivity index (χ2v) is 6.02. The zero-order valence-corrected chi connectivity index (χ0v) is 12.5. The van der Waals surface area contributed by atoms with Crippen LogP contribution in [0.5, 0.6) is 0 Å². The van der Waals surface area contributed by atoms with Crippen molar-refractivity contribution >= 4 is 5.69 Å². The molecule has 1 aliphatic rings. The molecule has 0 saturated heterocycles. The Morgan fingerprint density at radius 1 is 1.29 bits per heavy atom. The molecule has 2 aromatic rings. The molecule has 0 bridgehead atoms. The zero-order chi connectivity index (χ0) is 14.8. The predicted molar refractivity (Wildman–Crippen MR) is 80.9 cm³/mol. The van der Waals surface area contributed by atoms with Gasteiger partial charge in [0.2, 0.25) is 0 Å².